The molecule has 0 radical (unpaired) electrons. The molecule has 4 heteroatoms. The van der Waals surface area contributed by atoms with E-state index in [-0.39, 0.29) is 11.3 Å². The number of nitrogens with one attached hydrogen (secondary N) is 1. The van der Waals surface area contributed by atoms with Crippen molar-refractivity contribution in [2.24, 2.45) is 0 Å². The molecule has 0 aliphatic rings. The number of nitrogens with zero attached hydrogens (tertiary/aromatic N) is 1. The van der Waals surface area contributed by atoms with Gasteiger partial charge in [-0.3, -0.25) is 14.0 Å². The molecule has 2 aromatic carbocycles. The molecule has 4 rings (SSSR count). The predicted octanol–water partition coefficient (Wildman–Crippen LogP) is 3.32. The number of pyridine rings is 1. The second kappa shape index (κ2) is 4.95. The van der Waals surface area contributed by atoms with E-state index in [0.717, 1.165) is 16.6 Å². The third kappa shape index (κ3) is 2.07. The van der Waals surface area contributed by atoms with E-state index >= 15 is 0 Å². The standard InChI is InChI=1S/C19H14N2O2/c1-12-7-9-16-15(11-12)20-19-14(8-10-17(22)21(16)19)18(23)13-5-3-2-4-6-13/h2-11,20H,1H3. The van der Waals surface area contributed by atoms with Crippen LogP contribution in [0.4, 0.5) is 0 Å². The summed E-state index contributed by atoms with van der Waals surface area (Å²) in [6.07, 6.45) is 0. The summed E-state index contributed by atoms with van der Waals surface area (Å²) in [5, 5.41) is 0. The monoisotopic (exact) mass is 302 g/mol. The molecule has 23 heavy (non-hydrogen) atoms. The topological polar surface area (TPSA) is 54.3 Å². The summed E-state index contributed by atoms with van der Waals surface area (Å²) in [5.41, 5.74) is 4.18. The molecule has 0 amide bonds. The molecule has 0 saturated heterocycles. The number of aromatic amines is 1. The fourth-order valence-electron chi connectivity index (χ4n) is 2.90. The van der Waals surface area contributed by atoms with Gasteiger partial charge in [0.2, 0.25) is 0 Å². The van der Waals surface area contributed by atoms with Gasteiger partial charge in [-0.2, -0.15) is 0 Å². The van der Waals surface area contributed by atoms with Crippen LogP contribution in [0.5, 0.6) is 0 Å². The van der Waals surface area contributed by atoms with E-state index in [9.17, 15) is 9.59 Å². The normalized spacial score (nSPS) is 11.2. The number of aryl methyl sites for hydroxylation is 1. The van der Waals surface area contributed by atoms with Crippen molar-refractivity contribution in [2.75, 3.05) is 0 Å². The van der Waals surface area contributed by atoms with Crippen LogP contribution in [-0.4, -0.2) is 15.2 Å². The molecule has 0 bridgehead atoms. The zero-order valence-corrected chi connectivity index (χ0v) is 12.5. The summed E-state index contributed by atoms with van der Waals surface area (Å²) < 4.78 is 1.56. The lowest BCUT2D eigenvalue weighted by Crippen LogP contribution is -2.14. The number of carbonyl (C=O) groups excluding carboxylic acids is 1. The lowest BCUT2D eigenvalue weighted by atomic mass is 10.0. The molecule has 4 nitrogen and oxygen atoms in total. The van der Waals surface area contributed by atoms with Gasteiger partial charge in [0.05, 0.1) is 16.6 Å². The van der Waals surface area contributed by atoms with Gasteiger partial charge >= 0.3 is 0 Å². The summed E-state index contributed by atoms with van der Waals surface area (Å²) in [4.78, 5) is 28.3. The van der Waals surface area contributed by atoms with Gasteiger partial charge in [0.1, 0.15) is 5.65 Å². The number of hydrogen-bond acceptors (Lipinski definition) is 2. The van der Waals surface area contributed by atoms with Crippen LogP contribution in [-0.2, 0) is 0 Å². The molecule has 0 aliphatic heterocycles. The summed E-state index contributed by atoms with van der Waals surface area (Å²) in [7, 11) is 0. The van der Waals surface area contributed by atoms with Crippen molar-refractivity contribution in [1.29, 1.82) is 0 Å². The zero-order chi connectivity index (χ0) is 16.0. The number of carbonyl (C=O) groups is 1. The molecular formula is C19H14N2O2. The number of rotatable bonds is 2. The number of benzene rings is 2. The van der Waals surface area contributed by atoms with Gasteiger partial charge in [-0.15, -0.1) is 0 Å². The quantitative estimate of drug-likeness (QED) is 0.577. The largest absolute Gasteiger partial charge is 0.339 e. The molecule has 0 aliphatic carbocycles. The van der Waals surface area contributed by atoms with Gasteiger partial charge < -0.3 is 4.98 Å². The van der Waals surface area contributed by atoms with E-state index in [1.54, 1.807) is 22.6 Å². The fraction of sp³-hybridized carbons (Fsp3) is 0.0526. The second-order valence-corrected chi connectivity index (χ2v) is 5.61. The minimum Gasteiger partial charge on any atom is -0.339 e. The Bertz CT molecular complexity index is 1100. The van der Waals surface area contributed by atoms with Crippen LogP contribution >= 0.6 is 0 Å². The highest BCUT2D eigenvalue weighted by atomic mass is 16.1. The molecule has 0 spiro atoms. The Morgan fingerprint density at radius 2 is 1.78 bits per heavy atom. The predicted molar refractivity (Wildman–Crippen MR) is 90.1 cm³/mol. The van der Waals surface area contributed by atoms with E-state index in [1.807, 2.05) is 43.3 Å². The molecule has 0 unspecified atom stereocenters. The zero-order valence-electron chi connectivity index (χ0n) is 12.5. The first-order chi connectivity index (χ1) is 11.1. The van der Waals surface area contributed by atoms with Crippen molar-refractivity contribution >= 4 is 22.5 Å². The van der Waals surface area contributed by atoms with Crippen LogP contribution in [0.3, 0.4) is 0 Å². The number of imidazole rings is 1. The maximum atomic E-state index is 12.8. The minimum atomic E-state index is -0.153. The van der Waals surface area contributed by atoms with E-state index in [0.29, 0.717) is 16.8 Å². The van der Waals surface area contributed by atoms with Gasteiger partial charge in [-0.05, 0) is 30.7 Å². The first kappa shape index (κ1) is 13.5. The van der Waals surface area contributed by atoms with E-state index < -0.39 is 0 Å². The summed E-state index contributed by atoms with van der Waals surface area (Å²) in [6, 6.07) is 17.9. The summed E-state index contributed by atoms with van der Waals surface area (Å²) in [5.74, 6) is -0.105. The van der Waals surface area contributed by atoms with E-state index in [2.05, 4.69) is 4.98 Å². The van der Waals surface area contributed by atoms with Crippen LogP contribution in [0.15, 0.2) is 65.5 Å². The Labute approximate surface area is 132 Å². The lowest BCUT2D eigenvalue weighted by molar-refractivity contribution is 0.104. The van der Waals surface area contributed by atoms with Crippen LogP contribution in [0.2, 0.25) is 0 Å². The van der Waals surface area contributed by atoms with Gasteiger partial charge in [-0.25, -0.2) is 0 Å². The molecule has 0 fully saturated rings. The third-order valence-corrected chi connectivity index (χ3v) is 4.02. The van der Waals surface area contributed by atoms with Crippen molar-refractivity contribution in [2.45, 2.75) is 6.92 Å². The fourth-order valence-corrected chi connectivity index (χ4v) is 2.90. The number of fused-ring (bicyclic) bond motifs is 3. The van der Waals surface area contributed by atoms with E-state index in [4.69, 9.17) is 0 Å². The second-order valence-electron chi connectivity index (χ2n) is 5.61. The number of hydrogen-bond donors (Lipinski definition) is 1. The highest BCUT2D eigenvalue weighted by Gasteiger charge is 2.16. The van der Waals surface area contributed by atoms with Crippen molar-refractivity contribution < 1.29 is 4.79 Å². The van der Waals surface area contributed by atoms with Gasteiger partial charge in [0.25, 0.3) is 5.56 Å². The van der Waals surface area contributed by atoms with Crippen LogP contribution in [0, 0.1) is 6.92 Å². The maximum absolute atomic E-state index is 12.8. The molecule has 2 heterocycles. The molecule has 0 saturated carbocycles. The minimum absolute atomic E-state index is 0.105. The van der Waals surface area contributed by atoms with Gasteiger partial charge in [0, 0.05) is 11.6 Å². The molecule has 0 atom stereocenters. The smallest absolute Gasteiger partial charge is 0.256 e. The van der Waals surface area contributed by atoms with Crippen molar-refractivity contribution in [1.82, 2.24) is 9.38 Å². The van der Waals surface area contributed by atoms with Crippen LogP contribution in [0.1, 0.15) is 21.5 Å². The van der Waals surface area contributed by atoms with Crippen LogP contribution in [0.25, 0.3) is 16.7 Å². The Morgan fingerprint density at radius 3 is 2.57 bits per heavy atom. The molecule has 2 aromatic heterocycles. The first-order valence-electron chi connectivity index (χ1n) is 7.39. The Morgan fingerprint density at radius 1 is 1.00 bits per heavy atom. The van der Waals surface area contributed by atoms with Crippen LogP contribution < -0.4 is 5.56 Å². The Kier molecular flexibility index (Phi) is 2.91. The summed E-state index contributed by atoms with van der Waals surface area (Å²) >= 11 is 0. The number of ketones is 1. The molecule has 112 valence electrons. The molecule has 4 aromatic rings. The maximum Gasteiger partial charge on any atom is 0.256 e. The average molecular weight is 302 g/mol. The molecular weight excluding hydrogens is 288 g/mol. The van der Waals surface area contributed by atoms with Gasteiger partial charge in [0.15, 0.2) is 5.78 Å². The van der Waals surface area contributed by atoms with Crippen molar-refractivity contribution in [3.8, 4) is 0 Å². The molecule has 1 N–H and O–H groups in total. The Balaban J connectivity index is 2.05. The Hall–Kier alpha value is -3.14. The average Bonchev–Trinajstić information content (AvgIpc) is 2.94. The highest BCUT2D eigenvalue weighted by Crippen LogP contribution is 2.20. The van der Waals surface area contributed by atoms with E-state index in [1.165, 1.54) is 6.07 Å². The van der Waals surface area contributed by atoms with Crippen molar-refractivity contribution in [3.63, 3.8) is 0 Å². The summed E-state index contributed by atoms with van der Waals surface area (Å²) in [6.45, 7) is 1.99. The van der Waals surface area contributed by atoms with Crippen molar-refractivity contribution in [3.05, 3.63) is 87.7 Å². The first-order valence-corrected chi connectivity index (χ1v) is 7.39. The third-order valence-electron chi connectivity index (χ3n) is 4.02. The number of aromatic nitrogens is 2. The van der Waals surface area contributed by atoms with Gasteiger partial charge in [-0.1, -0.05) is 36.4 Å². The number of H-pyrrole nitrogens is 1. The lowest BCUT2D eigenvalue weighted by Gasteiger charge is -2.03. The SMILES string of the molecule is Cc1ccc2c(c1)[nH]c1c(C(=O)c3ccccc3)ccc(=O)n12. The highest BCUT2D eigenvalue weighted by molar-refractivity contribution is 6.13.